The molecular formula is C21H30N6O2. The highest BCUT2D eigenvalue weighted by Crippen LogP contribution is 2.18. The Morgan fingerprint density at radius 1 is 1.10 bits per heavy atom. The highest BCUT2D eigenvalue weighted by molar-refractivity contribution is 5.93. The predicted molar refractivity (Wildman–Crippen MR) is 115 cm³/mol. The van der Waals surface area contributed by atoms with Gasteiger partial charge < -0.3 is 20.9 Å². The number of fused-ring (bicyclic) bond motifs is 1. The fraction of sp³-hybridized carbons (Fsp3) is 0.429. The lowest BCUT2D eigenvalue weighted by Crippen LogP contribution is -2.67. The van der Waals surface area contributed by atoms with Crippen LogP contribution in [0, 0.1) is 0 Å². The van der Waals surface area contributed by atoms with Gasteiger partial charge in [-0.2, -0.15) is 0 Å². The monoisotopic (exact) mass is 398 g/mol. The van der Waals surface area contributed by atoms with E-state index in [1.807, 2.05) is 42.5 Å². The maximum atomic E-state index is 12.4. The lowest BCUT2D eigenvalue weighted by atomic mass is 10.1. The van der Waals surface area contributed by atoms with E-state index in [2.05, 4.69) is 33.5 Å². The number of hydrogen-bond acceptors (Lipinski definition) is 5. The van der Waals surface area contributed by atoms with Gasteiger partial charge in [-0.1, -0.05) is 30.3 Å². The molecule has 3 rings (SSSR count). The first-order valence-electron chi connectivity index (χ1n) is 9.92. The Kier molecular flexibility index (Phi) is 7.03. The van der Waals surface area contributed by atoms with Crippen LogP contribution in [0.15, 0.2) is 42.5 Å². The average Bonchev–Trinajstić information content (AvgIpc) is 2.67. The molecule has 2 aromatic carbocycles. The summed E-state index contributed by atoms with van der Waals surface area (Å²) < 4.78 is 0. The fourth-order valence-corrected chi connectivity index (χ4v) is 3.39. The van der Waals surface area contributed by atoms with Crippen LogP contribution in [0.4, 0.5) is 10.5 Å². The molecule has 0 saturated carbocycles. The maximum Gasteiger partial charge on any atom is 0.321 e. The van der Waals surface area contributed by atoms with Crippen LogP contribution >= 0.6 is 0 Å². The van der Waals surface area contributed by atoms with Crippen molar-refractivity contribution >= 4 is 28.4 Å². The summed E-state index contributed by atoms with van der Waals surface area (Å²) >= 11 is 0. The molecule has 5 N–H and O–H groups in total. The quantitative estimate of drug-likeness (QED) is 0.509. The first-order chi connectivity index (χ1) is 13.9. The molecule has 0 spiro atoms. The number of benzene rings is 2. The Labute approximate surface area is 171 Å². The van der Waals surface area contributed by atoms with Gasteiger partial charge in [-0.05, 0) is 36.2 Å². The Hall–Kier alpha value is -2.68. The second kappa shape index (κ2) is 9.69. The molecule has 1 heterocycles. The highest BCUT2D eigenvalue weighted by atomic mass is 16.2. The Morgan fingerprint density at radius 2 is 1.86 bits per heavy atom. The summed E-state index contributed by atoms with van der Waals surface area (Å²) in [7, 11) is 3.50. The molecule has 8 nitrogen and oxygen atoms in total. The van der Waals surface area contributed by atoms with Crippen LogP contribution in [-0.4, -0.2) is 56.0 Å². The third-order valence-corrected chi connectivity index (χ3v) is 4.92. The molecule has 3 atom stereocenters. The summed E-state index contributed by atoms with van der Waals surface area (Å²) in [6, 6.07) is 13.8. The lowest BCUT2D eigenvalue weighted by molar-refractivity contribution is -0.128. The van der Waals surface area contributed by atoms with Crippen LogP contribution in [0.3, 0.4) is 0 Å². The fourth-order valence-electron chi connectivity index (χ4n) is 3.39. The van der Waals surface area contributed by atoms with Crippen LogP contribution in [-0.2, 0) is 4.79 Å². The molecule has 3 amide bonds. The van der Waals surface area contributed by atoms with Gasteiger partial charge in [0.25, 0.3) is 0 Å². The van der Waals surface area contributed by atoms with Crippen molar-refractivity contribution < 1.29 is 9.59 Å². The predicted octanol–water partition coefficient (Wildman–Crippen LogP) is 1.61. The minimum Gasteiger partial charge on any atom is -0.349 e. The van der Waals surface area contributed by atoms with Gasteiger partial charge in [-0.25, -0.2) is 4.79 Å². The topological polar surface area (TPSA) is 97.5 Å². The van der Waals surface area contributed by atoms with E-state index in [1.165, 1.54) is 0 Å². The molecule has 1 aliphatic rings. The molecular weight excluding hydrogens is 368 g/mol. The smallest absolute Gasteiger partial charge is 0.321 e. The largest absolute Gasteiger partial charge is 0.349 e. The van der Waals surface area contributed by atoms with E-state index < -0.39 is 0 Å². The van der Waals surface area contributed by atoms with Gasteiger partial charge >= 0.3 is 6.03 Å². The molecule has 0 aromatic heterocycles. The standard InChI is InChI=1S/C21H30N6O2/c1-14-12-18(22-11-10-19(28)27(2)3)25-20(23-14)26-21(29)24-17-9-8-15-6-4-5-7-16(15)13-17/h4-9,13-14,18,20,22-23,25H,10-12H2,1-3H3,(H2,24,26,29). The molecule has 0 bridgehead atoms. The number of anilines is 1. The first-order valence-corrected chi connectivity index (χ1v) is 9.92. The lowest BCUT2D eigenvalue weighted by Gasteiger charge is -2.36. The summed E-state index contributed by atoms with van der Waals surface area (Å²) in [6.07, 6.45) is 0.919. The Bertz CT molecular complexity index is 856. The van der Waals surface area contributed by atoms with Gasteiger partial charge in [-0.15, -0.1) is 0 Å². The summed E-state index contributed by atoms with van der Waals surface area (Å²) in [6.45, 7) is 2.65. The molecule has 29 heavy (non-hydrogen) atoms. The Balaban J connectivity index is 1.50. The van der Waals surface area contributed by atoms with Crippen molar-refractivity contribution in [3.8, 4) is 0 Å². The summed E-state index contributed by atoms with van der Waals surface area (Å²) in [5, 5.41) is 18.0. The Morgan fingerprint density at radius 3 is 2.62 bits per heavy atom. The third-order valence-electron chi connectivity index (χ3n) is 4.92. The van der Waals surface area contributed by atoms with E-state index in [9.17, 15) is 9.59 Å². The van der Waals surface area contributed by atoms with E-state index in [-0.39, 0.29) is 30.4 Å². The first kappa shape index (κ1) is 21.0. The van der Waals surface area contributed by atoms with Crippen LogP contribution in [0.1, 0.15) is 19.8 Å². The SMILES string of the molecule is CC1CC(NCCC(=O)N(C)C)NC(NC(=O)Nc2ccc3ccccc3c2)N1. The number of carbonyl (C=O) groups excluding carboxylic acids is 2. The van der Waals surface area contributed by atoms with Crippen LogP contribution in [0.5, 0.6) is 0 Å². The van der Waals surface area contributed by atoms with Crippen molar-refractivity contribution in [1.29, 1.82) is 0 Å². The van der Waals surface area contributed by atoms with Gasteiger partial charge in [0.2, 0.25) is 5.91 Å². The van der Waals surface area contributed by atoms with Crippen molar-refractivity contribution in [3.63, 3.8) is 0 Å². The zero-order valence-corrected chi connectivity index (χ0v) is 17.2. The normalized spacial score (nSPS) is 21.6. The average molecular weight is 399 g/mol. The maximum absolute atomic E-state index is 12.4. The van der Waals surface area contributed by atoms with Gasteiger partial charge in [0.05, 0.1) is 6.17 Å². The summed E-state index contributed by atoms with van der Waals surface area (Å²) in [5.74, 6) is 0.0870. The van der Waals surface area contributed by atoms with Gasteiger partial charge in [-0.3, -0.25) is 15.4 Å². The number of hydrogen-bond donors (Lipinski definition) is 5. The summed E-state index contributed by atoms with van der Waals surface area (Å²) in [5.41, 5.74) is 0.738. The number of nitrogens with zero attached hydrogens (tertiary/aromatic N) is 1. The van der Waals surface area contributed by atoms with Crippen molar-refractivity contribution in [2.24, 2.45) is 0 Å². The minimum atomic E-state index is -0.374. The van der Waals surface area contributed by atoms with Crippen molar-refractivity contribution in [2.75, 3.05) is 26.0 Å². The van der Waals surface area contributed by atoms with Crippen molar-refractivity contribution in [3.05, 3.63) is 42.5 Å². The number of urea groups is 1. The van der Waals surface area contributed by atoms with Gasteiger partial charge in [0.15, 0.2) is 0 Å². The highest BCUT2D eigenvalue weighted by Gasteiger charge is 2.25. The minimum absolute atomic E-state index is 0.00665. The second-order valence-electron chi connectivity index (χ2n) is 7.61. The molecule has 3 unspecified atom stereocenters. The number of nitrogens with one attached hydrogen (secondary N) is 5. The van der Waals surface area contributed by atoms with Crippen LogP contribution in [0.25, 0.3) is 10.8 Å². The third kappa shape index (κ3) is 6.15. The summed E-state index contributed by atoms with van der Waals surface area (Å²) in [4.78, 5) is 25.7. The number of carbonyl (C=O) groups is 2. The molecule has 1 aliphatic heterocycles. The van der Waals surface area contributed by atoms with Crippen molar-refractivity contribution in [1.82, 2.24) is 26.2 Å². The van der Waals surface area contributed by atoms with Crippen molar-refractivity contribution in [2.45, 2.75) is 38.3 Å². The van der Waals surface area contributed by atoms with E-state index in [0.29, 0.717) is 13.0 Å². The second-order valence-corrected chi connectivity index (χ2v) is 7.61. The van der Waals surface area contributed by atoms with E-state index in [4.69, 9.17) is 0 Å². The van der Waals surface area contributed by atoms with E-state index in [0.717, 1.165) is 22.9 Å². The number of amides is 3. The molecule has 0 radical (unpaired) electrons. The molecule has 1 saturated heterocycles. The van der Waals surface area contributed by atoms with Crippen LogP contribution < -0.4 is 26.6 Å². The molecule has 1 fully saturated rings. The number of rotatable bonds is 6. The molecule has 8 heteroatoms. The molecule has 156 valence electrons. The zero-order chi connectivity index (χ0) is 20.8. The van der Waals surface area contributed by atoms with Crippen LogP contribution in [0.2, 0.25) is 0 Å². The van der Waals surface area contributed by atoms with E-state index >= 15 is 0 Å². The van der Waals surface area contributed by atoms with E-state index in [1.54, 1.807) is 19.0 Å². The zero-order valence-electron chi connectivity index (χ0n) is 17.2. The van der Waals surface area contributed by atoms with Gasteiger partial charge in [0, 0.05) is 38.8 Å². The molecule has 2 aromatic rings. The molecule has 0 aliphatic carbocycles. The van der Waals surface area contributed by atoms with Gasteiger partial charge in [0.1, 0.15) is 6.29 Å².